The van der Waals surface area contributed by atoms with Crippen LogP contribution in [-0.2, 0) is 0 Å². The lowest BCUT2D eigenvalue weighted by Crippen LogP contribution is -1.83. The first kappa shape index (κ1) is 10.2. The van der Waals surface area contributed by atoms with Crippen LogP contribution in [0, 0.1) is 0 Å². The van der Waals surface area contributed by atoms with Crippen LogP contribution < -0.4 is 11.5 Å². The van der Waals surface area contributed by atoms with E-state index in [1.807, 2.05) is 18.2 Å². The van der Waals surface area contributed by atoms with Gasteiger partial charge in [-0.15, -0.1) is 5.11 Å². The van der Waals surface area contributed by atoms with Crippen molar-refractivity contribution >= 4 is 22.7 Å². The van der Waals surface area contributed by atoms with E-state index in [4.69, 9.17) is 11.5 Å². The highest BCUT2D eigenvalue weighted by molar-refractivity contribution is 5.61. The molecule has 0 bridgehead atoms. The summed E-state index contributed by atoms with van der Waals surface area (Å²) in [7, 11) is 0. The van der Waals surface area contributed by atoms with Crippen molar-refractivity contribution in [3.8, 4) is 0 Å². The van der Waals surface area contributed by atoms with E-state index in [2.05, 4.69) is 10.2 Å². The van der Waals surface area contributed by atoms with Crippen LogP contribution >= 0.6 is 0 Å². The van der Waals surface area contributed by atoms with E-state index < -0.39 is 0 Å². The molecule has 0 amide bonds. The topological polar surface area (TPSA) is 76.8 Å². The molecule has 0 atom stereocenters. The first-order chi connectivity index (χ1) is 7.75. The summed E-state index contributed by atoms with van der Waals surface area (Å²) in [5.41, 5.74) is 14.0. The van der Waals surface area contributed by atoms with Gasteiger partial charge in [-0.25, -0.2) is 0 Å². The average Bonchev–Trinajstić information content (AvgIpc) is 2.30. The minimum Gasteiger partial charge on any atom is -0.399 e. The predicted molar refractivity (Wildman–Crippen MR) is 65.9 cm³/mol. The van der Waals surface area contributed by atoms with Crippen molar-refractivity contribution in [1.29, 1.82) is 0 Å². The Balaban J connectivity index is 2.21. The minimum atomic E-state index is 0.613. The monoisotopic (exact) mass is 212 g/mol. The maximum Gasteiger partial charge on any atom is 0.109 e. The van der Waals surface area contributed by atoms with Crippen molar-refractivity contribution in [3.05, 3.63) is 48.5 Å². The zero-order valence-corrected chi connectivity index (χ0v) is 8.67. The van der Waals surface area contributed by atoms with E-state index >= 15 is 0 Å². The van der Waals surface area contributed by atoms with Crippen LogP contribution in [0.25, 0.3) is 0 Å². The van der Waals surface area contributed by atoms with E-state index in [0.29, 0.717) is 17.1 Å². The number of anilines is 2. The standard InChI is InChI=1S/C12H12N4/c13-9-5-7-10(8-6-9)15-16-12-4-2-1-3-11(12)14/h1-8H,13-14H2/b16-15+. The molecule has 2 aromatic carbocycles. The molecule has 4 heteroatoms. The van der Waals surface area contributed by atoms with Crippen LogP contribution in [0.1, 0.15) is 0 Å². The Morgan fingerprint density at radius 1 is 0.750 bits per heavy atom. The molecule has 0 saturated carbocycles. The number of hydrogen-bond donors (Lipinski definition) is 2. The lowest BCUT2D eigenvalue weighted by Gasteiger charge is -1.97. The number of nitrogen functional groups attached to an aromatic ring is 2. The van der Waals surface area contributed by atoms with Gasteiger partial charge in [0.2, 0.25) is 0 Å². The second-order valence-corrected chi connectivity index (χ2v) is 3.35. The average molecular weight is 212 g/mol. The Kier molecular flexibility index (Phi) is 2.82. The lowest BCUT2D eigenvalue weighted by molar-refractivity contribution is 1.23. The fraction of sp³-hybridized carbons (Fsp3) is 0. The van der Waals surface area contributed by atoms with Crippen molar-refractivity contribution in [2.75, 3.05) is 11.5 Å². The lowest BCUT2D eigenvalue weighted by atomic mass is 10.3. The molecule has 16 heavy (non-hydrogen) atoms. The second-order valence-electron chi connectivity index (χ2n) is 3.35. The summed E-state index contributed by atoms with van der Waals surface area (Å²) < 4.78 is 0. The van der Waals surface area contributed by atoms with E-state index in [1.54, 1.807) is 30.3 Å². The summed E-state index contributed by atoms with van der Waals surface area (Å²) in [6, 6.07) is 14.5. The molecule has 4 N–H and O–H groups in total. The molecule has 2 aromatic rings. The molecule has 0 saturated heterocycles. The quantitative estimate of drug-likeness (QED) is 0.592. The third-order valence-electron chi connectivity index (χ3n) is 2.10. The maximum absolute atomic E-state index is 5.74. The molecule has 80 valence electrons. The molecule has 0 fully saturated rings. The zero-order chi connectivity index (χ0) is 11.4. The van der Waals surface area contributed by atoms with Crippen LogP contribution in [0.5, 0.6) is 0 Å². The van der Waals surface area contributed by atoms with Crippen molar-refractivity contribution in [3.63, 3.8) is 0 Å². The fourth-order valence-electron chi connectivity index (χ4n) is 1.23. The number of rotatable bonds is 2. The molecule has 0 heterocycles. The Hall–Kier alpha value is -2.36. The highest BCUT2D eigenvalue weighted by Gasteiger charge is 1.94. The normalized spacial score (nSPS) is 10.8. The van der Waals surface area contributed by atoms with Crippen LogP contribution in [-0.4, -0.2) is 0 Å². The molecule has 0 unspecified atom stereocenters. The predicted octanol–water partition coefficient (Wildman–Crippen LogP) is 3.27. The fourth-order valence-corrected chi connectivity index (χ4v) is 1.23. The van der Waals surface area contributed by atoms with Gasteiger partial charge < -0.3 is 11.5 Å². The number of hydrogen-bond acceptors (Lipinski definition) is 4. The van der Waals surface area contributed by atoms with Crippen molar-refractivity contribution in [2.45, 2.75) is 0 Å². The maximum atomic E-state index is 5.74. The van der Waals surface area contributed by atoms with Gasteiger partial charge in [0.05, 0.1) is 11.4 Å². The summed E-state index contributed by atoms with van der Waals surface area (Å²) in [5, 5.41) is 8.13. The van der Waals surface area contributed by atoms with Crippen LogP contribution in [0.4, 0.5) is 22.7 Å². The SMILES string of the molecule is Nc1ccc(/N=N/c2ccccc2N)cc1. The molecule has 0 aliphatic rings. The number of nitrogens with zero attached hydrogens (tertiary/aromatic N) is 2. The molecule has 2 rings (SSSR count). The molecule has 0 aliphatic carbocycles. The van der Waals surface area contributed by atoms with Crippen molar-refractivity contribution < 1.29 is 0 Å². The summed E-state index contributed by atoms with van der Waals surface area (Å²) in [5.74, 6) is 0. The van der Waals surface area contributed by atoms with Gasteiger partial charge >= 0.3 is 0 Å². The Bertz CT molecular complexity index is 503. The van der Waals surface area contributed by atoms with Crippen molar-refractivity contribution in [1.82, 2.24) is 0 Å². The van der Waals surface area contributed by atoms with Gasteiger partial charge in [-0.05, 0) is 36.4 Å². The molecule has 0 spiro atoms. The second kappa shape index (κ2) is 4.44. The van der Waals surface area contributed by atoms with E-state index in [0.717, 1.165) is 5.69 Å². The highest BCUT2D eigenvalue weighted by atomic mass is 15.1. The van der Waals surface area contributed by atoms with Crippen LogP contribution in [0.15, 0.2) is 58.8 Å². The summed E-state index contributed by atoms with van der Waals surface area (Å²) in [6.45, 7) is 0. The first-order valence-corrected chi connectivity index (χ1v) is 4.87. The molecule has 0 aliphatic heterocycles. The molecule has 0 radical (unpaired) electrons. The molecular formula is C12H12N4. The molecule has 4 nitrogen and oxygen atoms in total. The van der Waals surface area contributed by atoms with Gasteiger partial charge in [-0.3, -0.25) is 0 Å². The number of benzene rings is 2. The minimum absolute atomic E-state index is 0.613. The Labute approximate surface area is 93.6 Å². The van der Waals surface area contributed by atoms with E-state index in [1.165, 1.54) is 0 Å². The summed E-state index contributed by atoms with van der Waals surface area (Å²) >= 11 is 0. The van der Waals surface area contributed by atoms with Gasteiger partial charge in [0.15, 0.2) is 0 Å². The first-order valence-electron chi connectivity index (χ1n) is 4.87. The number of para-hydroxylation sites is 1. The third-order valence-corrected chi connectivity index (χ3v) is 2.10. The Morgan fingerprint density at radius 3 is 2.12 bits per heavy atom. The van der Waals surface area contributed by atoms with E-state index in [-0.39, 0.29) is 0 Å². The van der Waals surface area contributed by atoms with Gasteiger partial charge in [0, 0.05) is 5.69 Å². The third kappa shape index (κ3) is 2.36. The van der Waals surface area contributed by atoms with Gasteiger partial charge in [0.1, 0.15) is 5.69 Å². The van der Waals surface area contributed by atoms with Crippen LogP contribution in [0.2, 0.25) is 0 Å². The van der Waals surface area contributed by atoms with Crippen LogP contribution in [0.3, 0.4) is 0 Å². The summed E-state index contributed by atoms with van der Waals surface area (Å²) in [6.07, 6.45) is 0. The Morgan fingerprint density at radius 2 is 1.44 bits per heavy atom. The molecular weight excluding hydrogens is 200 g/mol. The van der Waals surface area contributed by atoms with Gasteiger partial charge in [0.25, 0.3) is 0 Å². The van der Waals surface area contributed by atoms with Gasteiger partial charge in [-0.2, -0.15) is 5.11 Å². The molecule has 0 aromatic heterocycles. The summed E-state index contributed by atoms with van der Waals surface area (Å²) in [4.78, 5) is 0. The van der Waals surface area contributed by atoms with Crippen molar-refractivity contribution in [2.24, 2.45) is 10.2 Å². The number of nitrogens with two attached hydrogens (primary N) is 2. The zero-order valence-electron chi connectivity index (χ0n) is 8.67. The smallest absolute Gasteiger partial charge is 0.109 e. The van der Waals surface area contributed by atoms with E-state index in [9.17, 15) is 0 Å². The largest absolute Gasteiger partial charge is 0.399 e. The number of azo groups is 1. The highest BCUT2D eigenvalue weighted by Crippen LogP contribution is 2.23. The van der Waals surface area contributed by atoms with Gasteiger partial charge in [-0.1, -0.05) is 12.1 Å².